The predicted octanol–water partition coefficient (Wildman–Crippen LogP) is 6.37. The number of nitrogen functional groups attached to an aromatic ring is 1. The van der Waals surface area contributed by atoms with Gasteiger partial charge >= 0.3 is 6.09 Å². The number of benzene rings is 3. The Bertz CT molecular complexity index is 1720. The maximum Gasteiger partial charge on any atom is 0.410 e. The van der Waals surface area contributed by atoms with Gasteiger partial charge in [-0.3, -0.25) is 9.59 Å². The number of carbonyl (C=O) groups excluding carboxylic acids is 3. The highest BCUT2D eigenvalue weighted by atomic mass is 19.1. The van der Waals surface area contributed by atoms with Gasteiger partial charge in [0.25, 0.3) is 5.91 Å². The molecular weight excluding hydrogens is 627 g/mol. The van der Waals surface area contributed by atoms with Crippen molar-refractivity contribution in [1.29, 1.82) is 0 Å². The Kier molecular flexibility index (Phi) is 9.83. The Balaban J connectivity index is 1.35. The van der Waals surface area contributed by atoms with Gasteiger partial charge in [0.05, 0.1) is 17.3 Å². The lowest BCUT2D eigenvalue weighted by Crippen LogP contribution is -2.51. The second kappa shape index (κ2) is 14.1. The Hall–Kier alpha value is -4.64. The van der Waals surface area contributed by atoms with Crippen LogP contribution in [0.25, 0.3) is 11.1 Å². The minimum absolute atomic E-state index is 0.00524. The lowest BCUT2D eigenvalue weighted by molar-refractivity contribution is -0.124. The zero-order valence-electron chi connectivity index (χ0n) is 28.6. The molecule has 1 saturated heterocycles. The number of anilines is 3. The highest BCUT2D eigenvalue weighted by Gasteiger charge is 2.44. The number of halogens is 1. The molecule has 0 bridgehead atoms. The maximum atomic E-state index is 14.9. The molecule has 2 aliphatic heterocycles. The van der Waals surface area contributed by atoms with Crippen LogP contribution in [0.15, 0.2) is 60.7 Å². The summed E-state index contributed by atoms with van der Waals surface area (Å²) in [5.74, 6) is -0.960. The van der Waals surface area contributed by atoms with Crippen LogP contribution in [0.5, 0.6) is 5.75 Å². The molecule has 2 heterocycles. The fraction of sp³-hybridized carbons (Fsp3) is 0.447. The van der Waals surface area contributed by atoms with Gasteiger partial charge in [-0.1, -0.05) is 30.3 Å². The molecule has 3 aliphatic rings. The molecule has 1 saturated carbocycles. The first-order valence-electron chi connectivity index (χ1n) is 17.0. The van der Waals surface area contributed by atoms with Crippen molar-refractivity contribution in [3.05, 3.63) is 72.0 Å². The van der Waals surface area contributed by atoms with Gasteiger partial charge in [0.2, 0.25) is 5.91 Å². The van der Waals surface area contributed by atoms with Crippen LogP contribution in [-0.2, 0) is 19.1 Å². The van der Waals surface area contributed by atoms with E-state index < -0.39 is 23.4 Å². The Labute approximate surface area is 286 Å². The normalized spacial score (nSPS) is 19.2. The summed E-state index contributed by atoms with van der Waals surface area (Å²) in [6.07, 6.45) is 2.43. The lowest BCUT2D eigenvalue weighted by atomic mass is 9.78. The van der Waals surface area contributed by atoms with Crippen LogP contribution in [0.3, 0.4) is 0 Å². The fourth-order valence-corrected chi connectivity index (χ4v) is 6.73. The third-order valence-corrected chi connectivity index (χ3v) is 9.27. The zero-order valence-corrected chi connectivity index (χ0v) is 28.6. The Morgan fingerprint density at radius 2 is 1.82 bits per heavy atom. The van der Waals surface area contributed by atoms with Crippen molar-refractivity contribution in [1.82, 2.24) is 4.90 Å². The number of nitrogens with two attached hydrogens (primary N) is 1. The molecule has 260 valence electrons. The number of methoxy groups -OCH3 is 1. The number of hydrogen-bond acceptors (Lipinski definition) is 7. The molecule has 2 N–H and O–H groups in total. The zero-order chi connectivity index (χ0) is 34.9. The first-order chi connectivity index (χ1) is 23.4. The average Bonchev–Trinajstić information content (AvgIpc) is 3.91. The molecule has 10 nitrogen and oxygen atoms in total. The van der Waals surface area contributed by atoms with Gasteiger partial charge in [-0.15, -0.1) is 0 Å². The van der Waals surface area contributed by atoms with E-state index >= 15 is 0 Å². The summed E-state index contributed by atoms with van der Waals surface area (Å²) >= 11 is 0. The first-order valence-corrected chi connectivity index (χ1v) is 17.0. The number of ether oxygens (including phenoxy) is 3. The summed E-state index contributed by atoms with van der Waals surface area (Å²) in [5.41, 5.74) is 8.86. The van der Waals surface area contributed by atoms with Crippen LogP contribution in [0.2, 0.25) is 0 Å². The van der Waals surface area contributed by atoms with Crippen LogP contribution >= 0.6 is 0 Å². The largest absolute Gasteiger partial charge is 0.482 e. The van der Waals surface area contributed by atoms with Crippen LogP contribution in [-0.4, -0.2) is 74.4 Å². The van der Waals surface area contributed by atoms with Gasteiger partial charge in [0.15, 0.2) is 6.61 Å². The molecule has 6 rings (SSSR count). The van der Waals surface area contributed by atoms with E-state index in [0.717, 1.165) is 24.0 Å². The molecule has 1 aliphatic carbocycles. The number of hydrogen-bond donors (Lipinski definition) is 1. The van der Waals surface area contributed by atoms with Gasteiger partial charge in [-0.05, 0) is 99.4 Å². The van der Waals surface area contributed by atoms with E-state index in [-0.39, 0.29) is 42.6 Å². The van der Waals surface area contributed by atoms with Crippen LogP contribution < -0.4 is 20.3 Å². The van der Waals surface area contributed by atoms with Crippen molar-refractivity contribution in [2.24, 2.45) is 5.92 Å². The first kappa shape index (κ1) is 34.2. The molecule has 3 amide bonds. The second-order valence-electron chi connectivity index (χ2n) is 14.1. The Morgan fingerprint density at radius 1 is 1.04 bits per heavy atom. The molecule has 0 unspecified atom stereocenters. The second-order valence-corrected chi connectivity index (χ2v) is 14.1. The third kappa shape index (κ3) is 7.67. The highest BCUT2D eigenvalue weighted by Crippen LogP contribution is 2.43. The third-order valence-electron chi connectivity index (χ3n) is 9.27. The number of fused-ring (bicyclic) bond motifs is 1. The number of nitrogens with zero attached hydrogens (tertiary/aromatic N) is 3. The van der Waals surface area contributed by atoms with Crippen molar-refractivity contribution in [3.8, 4) is 16.9 Å². The summed E-state index contributed by atoms with van der Waals surface area (Å²) < 4.78 is 31.1. The molecule has 11 heteroatoms. The van der Waals surface area contributed by atoms with Crippen LogP contribution in [0, 0.1) is 11.7 Å². The summed E-state index contributed by atoms with van der Waals surface area (Å²) in [4.78, 5) is 46.4. The van der Waals surface area contributed by atoms with E-state index in [0.29, 0.717) is 55.2 Å². The molecule has 2 atom stereocenters. The number of carbonyl (C=O) groups is 3. The van der Waals surface area contributed by atoms with Gasteiger partial charge in [-0.25, -0.2) is 9.18 Å². The summed E-state index contributed by atoms with van der Waals surface area (Å²) in [6.45, 7) is 7.00. The summed E-state index contributed by atoms with van der Waals surface area (Å²) in [5, 5.41) is 0. The van der Waals surface area contributed by atoms with Crippen LogP contribution in [0.1, 0.15) is 57.9 Å². The van der Waals surface area contributed by atoms with Gasteiger partial charge in [0.1, 0.15) is 17.2 Å². The van der Waals surface area contributed by atoms with E-state index in [9.17, 15) is 18.8 Å². The van der Waals surface area contributed by atoms with E-state index in [1.807, 2.05) is 68.1 Å². The number of amides is 3. The average molecular weight is 673 g/mol. The van der Waals surface area contributed by atoms with Crippen molar-refractivity contribution >= 4 is 35.0 Å². The molecule has 2 fully saturated rings. The van der Waals surface area contributed by atoms with Gasteiger partial charge in [-0.2, -0.15) is 0 Å². The topological polar surface area (TPSA) is 115 Å². The molecule has 0 radical (unpaired) electrons. The number of likely N-dealkylation sites (tertiary alicyclic amines) is 1. The van der Waals surface area contributed by atoms with E-state index in [1.165, 1.54) is 6.07 Å². The molecule has 49 heavy (non-hydrogen) atoms. The van der Waals surface area contributed by atoms with E-state index in [1.54, 1.807) is 29.0 Å². The molecule has 3 aromatic rings. The number of piperidine rings is 1. The standard InChI is InChI=1S/C38H45FN4O6/c1-38(2,3)49-37(46)41-17-15-29(26-8-5-7-24(19-26)25-9-13-32(40)31(39)20-25)30(22-41)36(45)43(27-10-11-27)28-12-14-34-33(21-28)42(16-6-18-47-4)35(44)23-48-34/h5,7-9,12-14,19-21,27,29-30H,6,10-11,15-18,22-23,40H2,1-4H3/t29-,30+/m1/s1. The number of rotatable bonds is 9. The van der Waals surface area contributed by atoms with Crippen molar-refractivity contribution < 1.29 is 33.0 Å². The minimum Gasteiger partial charge on any atom is -0.482 e. The molecule has 0 spiro atoms. The van der Waals surface area contributed by atoms with Gasteiger partial charge in [0, 0.05) is 45.1 Å². The van der Waals surface area contributed by atoms with E-state index in [2.05, 4.69) is 0 Å². The lowest BCUT2D eigenvalue weighted by Gasteiger charge is -2.41. The quantitative estimate of drug-likeness (QED) is 0.208. The molecular formula is C38H45FN4O6. The smallest absolute Gasteiger partial charge is 0.410 e. The van der Waals surface area contributed by atoms with Crippen LogP contribution in [0.4, 0.5) is 26.2 Å². The summed E-state index contributed by atoms with van der Waals surface area (Å²) in [6, 6.07) is 18.1. The van der Waals surface area contributed by atoms with E-state index in [4.69, 9.17) is 19.9 Å². The molecule has 0 aromatic heterocycles. The predicted molar refractivity (Wildman–Crippen MR) is 186 cm³/mol. The SMILES string of the molecule is COCCCN1C(=O)COc2ccc(N(C(=O)[C@H]3CN(C(=O)OC(C)(C)C)CC[C@@H]3c3cccc(-c4ccc(N)c(F)c4)c3)C3CC3)cc21. The van der Waals surface area contributed by atoms with Crippen molar-refractivity contribution in [2.45, 2.75) is 64.0 Å². The van der Waals surface area contributed by atoms with Crippen molar-refractivity contribution in [3.63, 3.8) is 0 Å². The fourth-order valence-electron chi connectivity index (χ4n) is 6.73. The minimum atomic E-state index is -0.687. The monoisotopic (exact) mass is 672 g/mol. The summed E-state index contributed by atoms with van der Waals surface area (Å²) in [7, 11) is 1.63. The maximum absolute atomic E-state index is 14.9. The van der Waals surface area contributed by atoms with Crippen molar-refractivity contribution in [2.75, 3.05) is 55.5 Å². The molecule has 3 aromatic carbocycles. The van der Waals surface area contributed by atoms with Gasteiger partial charge < -0.3 is 34.6 Å². The Morgan fingerprint density at radius 3 is 2.53 bits per heavy atom. The highest BCUT2D eigenvalue weighted by molar-refractivity contribution is 6.01.